The highest BCUT2D eigenvalue weighted by atomic mass is 16.5. The number of amides is 1. The predicted octanol–water partition coefficient (Wildman–Crippen LogP) is 2.51. The molecule has 2 aromatic heterocycles. The minimum Gasteiger partial charge on any atom is -0.361 e. The van der Waals surface area contributed by atoms with Gasteiger partial charge < -0.3 is 14.7 Å². The fraction of sp³-hybridized carbons (Fsp3) is 0.529. The lowest BCUT2D eigenvalue weighted by Gasteiger charge is -2.14. The molecule has 1 aliphatic rings. The first kappa shape index (κ1) is 16.4. The topological polar surface area (TPSA) is 84.2 Å². The van der Waals surface area contributed by atoms with E-state index < -0.39 is 0 Å². The van der Waals surface area contributed by atoms with E-state index in [4.69, 9.17) is 4.52 Å². The second kappa shape index (κ2) is 7.42. The summed E-state index contributed by atoms with van der Waals surface area (Å²) in [6.07, 6.45) is 6.12. The molecule has 7 nitrogen and oxygen atoms in total. The highest BCUT2D eigenvalue weighted by molar-refractivity contribution is 5.92. The molecular formula is C17H23N5O2. The van der Waals surface area contributed by atoms with Crippen LogP contribution in [0.25, 0.3) is 0 Å². The van der Waals surface area contributed by atoms with Crippen LogP contribution < -0.4 is 5.32 Å². The van der Waals surface area contributed by atoms with Gasteiger partial charge >= 0.3 is 0 Å². The first-order valence-corrected chi connectivity index (χ1v) is 8.41. The smallest absolute Gasteiger partial charge is 0.274 e. The van der Waals surface area contributed by atoms with Crippen LogP contribution in [0.1, 0.15) is 48.6 Å². The Kier molecular flexibility index (Phi) is 5.08. The van der Waals surface area contributed by atoms with Crippen molar-refractivity contribution in [1.29, 1.82) is 0 Å². The second-order valence-corrected chi connectivity index (χ2v) is 6.52. The first-order valence-electron chi connectivity index (χ1n) is 8.41. The number of anilines is 1. The minimum atomic E-state index is -0.0532. The van der Waals surface area contributed by atoms with E-state index in [9.17, 15) is 4.79 Å². The van der Waals surface area contributed by atoms with Gasteiger partial charge in [-0.2, -0.15) is 0 Å². The molecule has 0 aromatic carbocycles. The van der Waals surface area contributed by atoms with Crippen LogP contribution in [0.4, 0.5) is 5.82 Å². The molecule has 3 rings (SSSR count). The Hall–Kier alpha value is -2.44. The fourth-order valence-corrected chi connectivity index (χ4v) is 2.77. The van der Waals surface area contributed by atoms with Crippen molar-refractivity contribution in [2.45, 2.75) is 39.7 Å². The average Bonchev–Trinajstić information content (AvgIpc) is 3.24. The Labute approximate surface area is 141 Å². The number of nitrogens with one attached hydrogen (secondary N) is 1. The van der Waals surface area contributed by atoms with Gasteiger partial charge in [0.15, 0.2) is 5.76 Å². The lowest BCUT2D eigenvalue weighted by molar-refractivity contribution is 0.0786. The molecule has 1 N–H and O–H groups in total. The molecule has 1 fully saturated rings. The quantitative estimate of drug-likeness (QED) is 0.876. The fourth-order valence-electron chi connectivity index (χ4n) is 2.77. The summed E-state index contributed by atoms with van der Waals surface area (Å²) in [7, 11) is 0. The van der Waals surface area contributed by atoms with E-state index in [1.54, 1.807) is 6.20 Å². The maximum absolute atomic E-state index is 12.3. The van der Waals surface area contributed by atoms with Crippen molar-refractivity contribution < 1.29 is 9.32 Å². The zero-order valence-electron chi connectivity index (χ0n) is 14.2. The molecule has 1 saturated heterocycles. The molecule has 0 saturated carbocycles. The number of aromatic nitrogens is 3. The summed E-state index contributed by atoms with van der Waals surface area (Å²) >= 11 is 0. The number of hydrogen-bond donors (Lipinski definition) is 1. The highest BCUT2D eigenvalue weighted by Gasteiger charge is 2.21. The third-order valence-electron chi connectivity index (χ3n) is 3.92. The molecule has 0 unspecified atom stereocenters. The van der Waals surface area contributed by atoms with E-state index in [0.29, 0.717) is 24.0 Å². The molecule has 3 heterocycles. The van der Waals surface area contributed by atoms with Crippen molar-refractivity contribution in [3.05, 3.63) is 35.6 Å². The van der Waals surface area contributed by atoms with E-state index >= 15 is 0 Å². The molecule has 0 bridgehead atoms. The molecule has 2 aromatic rings. The Morgan fingerprint density at radius 1 is 1.33 bits per heavy atom. The van der Waals surface area contributed by atoms with Crippen molar-refractivity contribution in [1.82, 2.24) is 20.0 Å². The van der Waals surface area contributed by atoms with Gasteiger partial charge in [0.25, 0.3) is 5.91 Å². The van der Waals surface area contributed by atoms with Crippen molar-refractivity contribution in [3.63, 3.8) is 0 Å². The second-order valence-electron chi connectivity index (χ2n) is 6.52. The number of likely N-dealkylation sites (tertiary alicyclic amines) is 1. The van der Waals surface area contributed by atoms with Gasteiger partial charge in [0.2, 0.25) is 0 Å². The molecule has 0 spiro atoms. The van der Waals surface area contributed by atoms with Crippen molar-refractivity contribution in [2.75, 3.05) is 18.4 Å². The van der Waals surface area contributed by atoms with Gasteiger partial charge in [0.1, 0.15) is 11.5 Å². The molecule has 0 atom stereocenters. The number of hydrogen-bond acceptors (Lipinski definition) is 6. The number of carbonyl (C=O) groups excluding carboxylic acids is 1. The van der Waals surface area contributed by atoms with E-state index in [0.717, 1.165) is 43.8 Å². The summed E-state index contributed by atoms with van der Waals surface area (Å²) in [6.45, 7) is 6.35. The lowest BCUT2D eigenvalue weighted by atomic mass is 10.1. The van der Waals surface area contributed by atoms with Gasteiger partial charge in [-0.05, 0) is 25.2 Å². The third-order valence-corrected chi connectivity index (χ3v) is 3.92. The average molecular weight is 329 g/mol. The van der Waals surface area contributed by atoms with Gasteiger partial charge in [-0.1, -0.05) is 19.0 Å². The van der Waals surface area contributed by atoms with E-state index in [1.165, 1.54) is 6.20 Å². The molecule has 1 aliphatic heterocycles. The van der Waals surface area contributed by atoms with E-state index in [1.807, 2.05) is 11.0 Å². The van der Waals surface area contributed by atoms with Crippen LogP contribution in [0.3, 0.4) is 0 Å². The number of carbonyl (C=O) groups is 1. The summed E-state index contributed by atoms with van der Waals surface area (Å²) in [4.78, 5) is 22.6. The number of rotatable bonds is 6. The highest BCUT2D eigenvalue weighted by Crippen LogP contribution is 2.14. The van der Waals surface area contributed by atoms with Crippen LogP contribution in [0.2, 0.25) is 0 Å². The Bertz CT molecular complexity index is 692. The monoisotopic (exact) mass is 329 g/mol. The van der Waals surface area contributed by atoms with Gasteiger partial charge in [0, 0.05) is 19.2 Å². The van der Waals surface area contributed by atoms with Gasteiger partial charge in [-0.25, -0.2) is 4.98 Å². The molecule has 0 radical (unpaired) electrons. The lowest BCUT2D eigenvalue weighted by Crippen LogP contribution is -2.28. The number of nitrogens with zero attached hydrogens (tertiary/aromatic N) is 4. The Morgan fingerprint density at radius 3 is 2.88 bits per heavy atom. The maximum atomic E-state index is 12.3. The van der Waals surface area contributed by atoms with Crippen LogP contribution >= 0.6 is 0 Å². The van der Waals surface area contributed by atoms with Crippen LogP contribution in [0.15, 0.2) is 23.0 Å². The predicted molar refractivity (Wildman–Crippen MR) is 89.5 cm³/mol. The SMILES string of the molecule is CC(C)Cc1cc(CNc2cncc(C(=O)N3CCCC3)n2)on1. The zero-order valence-corrected chi connectivity index (χ0v) is 14.2. The van der Waals surface area contributed by atoms with Crippen LogP contribution in [0.5, 0.6) is 0 Å². The standard InChI is InChI=1S/C17H23N5O2/c1-12(2)7-13-8-14(24-21-13)9-19-16-11-18-10-15(20-16)17(23)22-5-3-4-6-22/h8,10-12H,3-7,9H2,1-2H3,(H,19,20). The summed E-state index contributed by atoms with van der Waals surface area (Å²) in [6, 6.07) is 1.94. The summed E-state index contributed by atoms with van der Waals surface area (Å²) in [5, 5.41) is 7.19. The Morgan fingerprint density at radius 2 is 2.12 bits per heavy atom. The van der Waals surface area contributed by atoms with Crippen LogP contribution in [-0.4, -0.2) is 39.0 Å². The normalized spacial score (nSPS) is 14.4. The third kappa shape index (κ3) is 4.10. The van der Waals surface area contributed by atoms with E-state index in [-0.39, 0.29) is 5.91 Å². The molecule has 24 heavy (non-hydrogen) atoms. The van der Waals surface area contributed by atoms with Crippen LogP contribution in [0, 0.1) is 5.92 Å². The zero-order chi connectivity index (χ0) is 16.9. The van der Waals surface area contributed by atoms with Crippen LogP contribution in [-0.2, 0) is 13.0 Å². The van der Waals surface area contributed by atoms with Gasteiger partial charge in [0.05, 0.1) is 24.6 Å². The molecule has 0 aliphatic carbocycles. The Balaban J connectivity index is 1.60. The van der Waals surface area contributed by atoms with Crippen molar-refractivity contribution in [3.8, 4) is 0 Å². The van der Waals surface area contributed by atoms with E-state index in [2.05, 4.69) is 34.3 Å². The molecule has 128 valence electrons. The van der Waals surface area contributed by atoms with Gasteiger partial charge in [-0.15, -0.1) is 0 Å². The minimum absolute atomic E-state index is 0.0532. The molecule has 7 heteroatoms. The summed E-state index contributed by atoms with van der Waals surface area (Å²) in [5.74, 6) is 1.78. The molecule has 1 amide bonds. The maximum Gasteiger partial charge on any atom is 0.274 e. The van der Waals surface area contributed by atoms with Gasteiger partial charge in [-0.3, -0.25) is 9.78 Å². The first-order chi connectivity index (χ1) is 11.6. The van der Waals surface area contributed by atoms with Crippen molar-refractivity contribution >= 4 is 11.7 Å². The largest absolute Gasteiger partial charge is 0.361 e. The van der Waals surface area contributed by atoms with Crippen molar-refractivity contribution in [2.24, 2.45) is 5.92 Å². The summed E-state index contributed by atoms with van der Waals surface area (Å²) in [5.41, 5.74) is 1.32. The summed E-state index contributed by atoms with van der Waals surface area (Å²) < 4.78 is 5.31. The molecular weight excluding hydrogens is 306 g/mol.